The van der Waals surface area contributed by atoms with Gasteiger partial charge in [0.25, 0.3) is 0 Å². The van der Waals surface area contributed by atoms with Crippen LogP contribution in [-0.4, -0.2) is 33.6 Å². The van der Waals surface area contributed by atoms with Gasteiger partial charge < -0.3 is 23.2 Å². The Morgan fingerprint density at radius 1 is 0.381 bits per heavy atom. The van der Waals surface area contributed by atoms with Gasteiger partial charge >= 0.3 is 42.1 Å². The molecule has 12 rings (SSSR count). The second-order valence-corrected chi connectivity index (χ2v) is 15.0. The minimum atomic E-state index is 0. The predicted molar refractivity (Wildman–Crippen MR) is 238 cm³/mol. The van der Waals surface area contributed by atoms with Crippen LogP contribution in [0.5, 0.6) is 23.0 Å². The first-order chi connectivity index (χ1) is 30.0. The number of aromatic nitrogens is 7. The number of benzene rings is 6. The fraction of sp³-hybridized carbons (Fsp3) is 0.0385. The van der Waals surface area contributed by atoms with E-state index in [4.69, 9.17) is 9.47 Å². The molecule has 0 aliphatic carbocycles. The van der Waals surface area contributed by atoms with Gasteiger partial charge in [-0.15, -0.1) is 59.3 Å². The molecule has 0 unspecified atom stereocenters. The molecule has 11 heteroatoms. The van der Waals surface area contributed by atoms with Gasteiger partial charge in [-0.3, -0.25) is 0 Å². The maximum Gasteiger partial charge on any atom is 2.00 e. The topological polar surface area (TPSA) is 84.8 Å². The molecule has 306 valence electrons. The van der Waals surface area contributed by atoms with Gasteiger partial charge in [0.2, 0.25) is 5.95 Å². The zero-order chi connectivity index (χ0) is 40.6. The minimum absolute atomic E-state index is 0. The summed E-state index contributed by atoms with van der Waals surface area (Å²) >= 11 is 0. The number of hydrogen-bond acceptors (Lipinski definition) is 6. The molecule has 6 aromatic heterocycles. The Balaban J connectivity index is 0.00000236. The Morgan fingerprint density at radius 2 is 0.746 bits per heavy atom. The molecule has 0 atom stereocenters. The van der Waals surface area contributed by atoms with Gasteiger partial charge in [-0.1, -0.05) is 58.5 Å². The van der Waals surface area contributed by atoms with Gasteiger partial charge in [0.15, 0.2) is 0 Å². The smallest absolute Gasteiger partial charge is 0.509 e. The molecule has 0 bridgehead atoms. The molecule has 0 radical (unpaired) electrons. The molecular formula is C52H31N7O2Pt2. The first-order valence-electron chi connectivity index (χ1n) is 19.9. The summed E-state index contributed by atoms with van der Waals surface area (Å²) in [5.41, 5.74) is 7.65. The quantitative estimate of drug-likeness (QED) is 0.148. The maximum atomic E-state index is 6.56. The van der Waals surface area contributed by atoms with Crippen molar-refractivity contribution in [3.05, 3.63) is 188 Å². The summed E-state index contributed by atoms with van der Waals surface area (Å²) in [7, 11) is 0. The largest absolute Gasteiger partial charge is 2.00 e. The fourth-order valence-corrected chi connectivity index (χ4v) is 8.42. The van der Waals surface area contributed by atoms with Crippen molar-refractivity contribution in [3.63, 3.8) is 0 Å². The van der Waals surface area contributed by atoms with E-state index in [0.717, 1.165) is 88.2 Å². The number of hydrogen-bond donors (Lipinski definition) is 0. The SMILES string of the molecule is Cc1ccc2c3ccc(Oc4[c-]c5c(cc4)c4ccc(Oc6[c-]c7c(cc6)c6ccc(C)cc6n7-c6ccccn6)[c-]c4n5-c4ncccn4)[c-]c3n(-c3ccccn3)c2c1.[Pt+2].[Pt+2]. The Bertz CT molecular complexity index is 3460. The monoisotopic (exact) mass is 1180 g/mol. The van der Waals surface area contributed by atoms with Crippen LogP contribution in [0.4, 0.5) is 0 Å². The van der Waals surface area contributed by atoms with Crippen molar-refractivity contribution in [2.75, 3.05) is 0 Å². The first-order valence-corrected chi connectivity index (χ1v) is 19.9. The number of rotatable bonds is 7. The summed E-state index contributed by atoms with van der Waals surface area (Å²) in [5.74, 6) is 4.20. The third-order valence-corrected chi connectivity index (χ3v) is 11.1. The average Bonchev–Trinajstić information content (AvgIpc) is 3.90. The normalized spacial score (nSPS) is 11.4. The van der Waals surface area contributed by atoms with E-state index in [1.54, 1.807) is 30.9 Å². The zero-order valence-corrected chi connectivity index (χ0v) is 38.1. The molecule has 0 aliphatic rings. The van der Waals surface area contributed by atoms with Gasteiger partial charge in [-0.05, 0) is 78.2 Å². The van der Waals surface area contributed by atoms with Crippen molar-refractivity contribution in [1.29, 1.82) is 0 Å². The van der Waals surface area contributed by atoms with Crippen molar-refractivity contribution in [3.8, 4) is 40.6 Å². The third kappa shape index (κ3) is 6.80. The van der Waals surface area contributed by atoms with E-state index in [1.165, 1.54) is 0 Å². The minimum Gasteiger partial charge on any atom is -0.509 e. The average molecular weight is 1180 g/mol. The molecule has 0 aliphatic heterocycles. The molecule has 0 fully saturated rings. The van der Waals surface area contributed by atoms with E-state index in [2.05, 4.69) is 116 Å². The van der Waals surface area contributed by atoms with Crippen LogP contribution in [0.25, 0.3) is 83.0 Å². The van der Waals surface area contributed by atoms with Gasteiger partial charge in [0.05, 0.1) is 0 Å². The molecule has 12 aromatic rings. The molecular weight excluding hydrogens is 1140 g/mol. The summed E-state index contributed by atoms with van der Waals surface area (Å²) in [6, 6.07) is 56.7. The number of nitrogens with zero attached hydrogens (tertiary/aromatic N) is 7. The molecule has 0 saturated carbocycles. The second kappa shape index (κ2) is 16.1. The van der Waals surface area contributed by atoms with Crippen LogP contribution >= 0.6 is 0 Å². The molecule has 0 spiro atoms. The van der Waals surface area contributed by atoms with Crippen LogP contribution < -0.4 is 9.47 Å². The number of aryl methyl sites for hydroxylation is 2. The summed E-state index contributed by atoms with van der Waals surface area (Å²) in [5, 5.41) is 6.23. The van der Waals surface area contributed by atoms with Crippen LogP contribution in [0.3, 0.4) is 0 Å². The van der Waals surface area contributed by atoms with Crippen LogP contribution in [0.1, 0.15) is 11.1 Å². The van der Waals surface area contributed by atoms with E-state index in [9.17, 15) is 0 Å². The molecule has 0 N–H and O–H groups in total. The van der Waals surface area contributed by atoms with E-state index in [-0.39, 0.29) is 42.1 Å². The second-order valence-electron chi connectivity index (χ2n) is 15.0. The van der Waals surface area contributed by atoms with E-state index in [0.29, 0.717) is 28.9 Å². The summed E-state index contributed by atoms with van der Waals surface area (Å²) < 4.78 is 19.3. The molecule has 0 saturated heterocycles. The van der Waals surface area contributed by atoms with Crippen LogP contribution in [-0.2, 0) is 42.1 Å². The Kier molecular flexibility index (Phi) is 10.3. The van der Waals surface area contributed by atoms with E-state index in [1.807, 2.05) is 77.4 Å². The van der Waals surface area contributed by atoms with Crippen LogP contribution in [0.15, 0.2) is 152 Å². The van der Waals surface area contributed by atoms with Crippen molar-refractivity contribution in [2.24, 2.45) is 0 Å². The molecule has 6 heterocycles. The Labute approximate surface area is 390 Å². The van der Waals surface area contributed by atoms with Crippen LogP contribution in [0.2, 0.25) is 0 Å². The Hall–Kier alpha value is -6.92. The fourth-order valence-electron chi connectivity index (χ4n) is 8.42. The Morgan fingerprint density at radius 3 is 1.14 bits per heavy atom. The molecule has 63 heavy (non-hydrogen) atoms. The van der Waals surface area contributed by atoms with Gasteiger partial charge in [0.1, 0.15) is 11.6 Å². The first kappa shape index (κ1) is 40.2. The molecule has 9 nitrogen and oxygen atoms in total. The maximum absolute atomic E-state index is 6.56. The van der Waals surface area contributed by atoms with E-state index >= 15 is 0 Å². The van der Waals surface area contributed by atoms with Crippen LogP contribution in [0, 0.1) is 38.1 Å². The summed E-state index contributed by atoms with van der Waals surface area (Å²) in [4.78, 5) is 18.7. The van der Waals surface area contributed by atoms with Crippen molar-refractivity contribution < 1.29 is 51.6 Å². The zero-order valence-electron chi connectivity index (χ0n) is 33.5. The van der Waals surface area contributed by atoms with Gasteiger partial charge in [0, 0.05) is 58.8 Å². The third-order valence-electron chi connectivity index (χ3n) is 11.1. The molecule has 0 amide bonds. The van der Waals surface area contributed by atoms with Crippen molar-refractivity contribution >= 4 is 65.4 Å². The van der Waals surface area contributed by atoms with Crippen molar-refractivity contribution in [1.82, 2.24) is 33.6 Å². The summed E-state index contributed by atoms with van der Waals surface area (Å²) in [6.45, 7) is 4.19. The number of fused-ring (bicyclic) bond motifs is 9. The van der Waals surface area contributed by atoms with E-state index < -0.39 is 0 Å². The molecule has 6 aromatic carbocycles. The summed E-state index contributed by atoms with van der Waals surface area (Å²) in [6.07, 6.45) is 7.05. The van der Waals surface area contributed by atoms with Gasteiger partial charge in [-0.2, -0.15) is 35.0 Å². The predicted octanol–water partition coefficient (Wildman–Crippen LogP) is 12.0. The number of ether oxygens (including phenoxy) is 2. The van der Waals surface area contributed by atoms with Crippen molar-refractivity contribution in [2.45, 2.75) is 13.8 Å². The standard InChI is InChI=1S/C52H31N7O2.2Pt/c1-32-10-16-38-40-18-12-34(28-46(40)57(44(38)26-32)50-8-3-5-22-53-50)60-36-14-20-42-43-21-15-37(31-49(43)59(48(42)30-36)52-55-24-7-25-56-52)61-35-13-19-41-39-17-11-33(2)27-45(39)58(47(41)29-35)51-9-4-6-23-54-51;;/h3-27H,1-2H3;;/q-4;2*+2. The van der Waals surface area contributed by atoms with Gasteiger partial charge in [-0.25, -0.2) is 19.9 Å². The number of pyridine rings is 2.